The largest absolute Gasteiger partial charge is 0.393 e. The Balaban J connectivity index is 1.91. The summed E-state index contributed by atoms with van der Waals surface area (Å²) in [6, 6.07) is 4.33. The molecule has 1 aliphatic carbocycles. The van der Waals surface area contributed by atoms with Gasteiger partial charge in [-0.05, 0) is 44.2 Å². The van der Waals surface area contributed by atoms with E-state index in [-0.39, 0.29) is 17.9 Å². The van der Waals surface area contributed by atoms with Crippen LogP contribution in [0.4, 0.5) is 0 Å². The highest BCUT2D eigenvalue weighted by Crippen LogP contribution is 2.30. The van der Waals surface area contributed by atoms with Gasteiger partial charge in [-0.3, -0.25) is 4.79 Å². The van der Waals surface area contributed by atoms with Crippen LogP contribution in [0.3, 0.4) is 0 Å². The molecule has 2 N–H and O–H groups in total. The minimum Gasteiger partial charge on any atom is -0.393 e. The first-order valence-corrected chi connectivity index (χ1v) is 7.71. The molecule has 4 heteroatoms. The molecule has 2 rings (SSSR count). The van der Waals surface area contributed by atoms with Crippen LogP contribution in [0.15, 0.2) is 18.3 Å². The second kappa shape index (κ2) is 6.93. The maximum atomic E-state index is 12.3. The van der Waals surface area contributed by atoms with Gasteiger partial charge in [0.05, 0.1) is 6.10 Å². The van der Waals surface area contributed by atoms with Crippen molar-refractivity contribution in [2.24, 2.45) is 5.92 Å². The highest BCUT2D eigenvalue weighted by Gasteiger charge is 2.21. The molecule has 1 aromatic heterocycles. The molecule has 1 heterocycles. The van der Waals surface area contributed by atoms with E-state index in [9.17, 15) is 9.90 Å². The summed E-state index contributed by atoms with van der Waals surface area (Å²) in [6.45, 7) is 4.44. The zero-order chi connectivity index (χ0) is 14.5. The number of aliphatic hydroxyl groups excluding tert-OH is 1. The molecule has 1 saturated carbocycles. The van der Waals surface area contributed by atoms with Crippen LogP contribution in [0.2, 0.25) is 0 Å². The second-order valence-electron chi connectivity index (χ2n) is 6.14. The SMILES string of the molecule is CC(O)CC(C)CNC(=O)c1cccn1C1CCCC1. The third-order valence-corrected chi connectivity index (χ3v) is 4.08. The maximum Gasteiger partial charge on any atom is 0.267 e. The highest BCUT2D eigenvalue weighted by atomic mass is 16.3. The normalized spacial score (nSPS) is 18.9. The van der Waals surface area contributed by atoms with Gasteiger partial charge < -0.3 is 15.0 Å². The average molecular weight is 278 g/mol. The van der Waals surface area contributed by atoms with Crippen LogP contribution in [0.5, 0.6) is 0 Å². The molecule has 0 saturated heterocycles. The number of hydrogen-bond acceptors (Lipinski definition) is 2. The van der Waals surface area contributed by atoms with Gasteiger partial charge in [0.1, 0.15) is 5.69 Å². The van der Waals surface area contributed by atoms with Gasteiger partial charge in [-0.2, -0.15) is 0 Å². The van der Waals surface area contributed by atoms with Gasteiger partial charge >= 0.3 is 0 Å². The fourth-order valence-corrected chi connectivity index (χ4v) is 3.11. The zero-order valence-electron chi connectivity index (χ0n) is 12.5. The maximum absolute atomic E-state index is 12.3. The highest BCUT2D eigenvalue weighted by molar-refractivity contribution is 5.92. The minimum atomic E-state index is -0.316. The van der Waals surface area contributed by atoms with E-state index in [0.717, 1.165) is 5.69 Å². The summed E-state index contributed by atoms with van der Waals surface area (Å²) < 4.78 is 2.13. The van der Waals surface area contributed by atoms with Gasteiger partial charge in [-0.1, -0.05) is 19.8 Å². The summed E-state index contributed by atoms with van der Waals surface area (Å²) in [6.07, 6.45) is 7.28. The van der Waals surface area contributed by atoms with E-state index in [2.05, 4.69) is 9.88 Å². The predicted molar refractivity (Wildman–Crippen MR) is 79.7 cm³/mol. The van der Waals surface area contributed by atoms with E-state index in [1.807, 2.05) is 25.3 Å². The first kappa shape index (κ1) is 15.1. The van der Waals surface area contributed by atoms with E-state index in [4.69, 9.17) is 0 Å². The average Bonchev–Trinajstić information content (AvgIpc) is 3.04. The smallest absolute Gasteiger partial charge is 0.267 e. The molecule has 1 aliphatic rings. The number of aromatic nitrogens is 1. The fraction of sp³-hybridized carbons (Fsp3) is 0.688. The quantitative estimate of drug-likeness (QED) is 0.840. The molecule has 0 radical (unpaired) electrons. The first-order valence-electron chi connectivity index (χ1n) is 7.71. The summed E-state index contributed by atoms with van der Waals surface area (Å²) in [7, 11) is 0. The lowest BCUT2D eigenvalue weighted by Gasteiger charge is -2.17. The Labute approximate surface area is 121 Å². The molecule has 4 nitrogen and oxygen atoms in total. The van der Waals surface area contributed by atoms with Crippen molar-refractivity contribution in [2.45, 2.75) is 58.1 Å². The monoisotopic (exact) mass is 278 g/mol. The molecule has 0 aliphatic heterocycles. The Bertz CT molecular complexity index is 433. The Morgan fingerprint density at radius 2 is 2.15 bits per heavy atom. The van der Waals surface area contributed by atoms with Crippen molar-refractivity contribution in [3.63, 3.8) is 0 Å². The van der Waals surface area contributed by atoms with Crippen molar-refractivity contribution in [3.8, 4) is 0 Å². The summed E-state index contributed by atoms with van der Waals surface area (Å²) >= 11 is 0. The second-order valence-corrected chi connectivity index (χ2v) is 6.14. The molecule has 112 valence electrons. The van der Waals surface area contributed by atoms with Crippen molar-refractivity contribution < 1.29 is 9.90 Å². The molecule has 0 bridgehead atoms. The van der Waals surface area contributed by atoms with Crippen LogP contribution in [-0.2, 0) is 0 Å². The van der Waals surface area contributed by atoms with E-state index >= 15 is 0 Å². The Morgan fingerprint density at radius 3 is 2.80 bits per heavy atom. The Kier molecular flexibility index (Phi) is 5.24. The lowest BCUT2D eigenvalue weighted by molar-refractivity contribution is 0.0928. The molecule has 2 unspecified atom stereocenters. The fourth-order valence-electron chi connectivity index (χ4n) is 3.11. The van der Waals surface area contributed by atoms with Crippen LogP contribution >= 0.6 is 0 Å². The number of nitrogens with zero attached hydrogens (tertiary/aromatic N) is 1. The van der Waals surface area contributed by atoms with Crippen LogP contribution in [-0.4, -0.2) is 28.2 Å². The van der Waals surface area contributed by atoms with Crippen molar-refractivity contribution in [1.29, 1.82) is 0 Å². The van der Waals surface area contributed by atoms with Crippen molar-refractivity contribution in [2.75, 3.05) is 6.54 Å². The molecule has 2 atom stereocenters. The van der Waals surface area contributed by atoms with E-state index in [1.165, 1.54) is 25.7 Å². The van der Waals surface area contributed by atoms with Crippen molar-refractivity contribution in [3.05, 3.63) is 24.0 Å². The van der Waals surface area contributed by atoms with Crippen molar-refractivity contribution in [1.82, 2.24) is 9.88 Å². The number of amides is 1. The molecule has 1 aromatic rings. The number of aliphatic hydroxyl groups is 1. The predicted octanol–water partition coefficient (Wildman–Crippen LogP) is 2.74. The lowest BCUT2D eigenvalue weighted by atomic mass is 10.0. The van der Waals surface area contributed by atoms with Gasteiger partial charge in [-0.15, -0.1) is 0 Å². The minimum absolute atomic E-state index is 0.000608. The van der Waals surface area contributed by atoms with Gasteiger partial charge in [0.25, 0.3) is 5.91 Å². The molecule has 0 aromatic carbocycles. The number of rotatable bonds is 6. The standard InChI is InChI=1S/C16H26N2O2/c1-12(10-13(2)19)11-17-16(20)15-8-5-9-18(15)14-6-3-4-7-14/h5,8-9,12-14,19H,3-4,6-7,10-11H2,1-2H3,(H,17,20). The number of carbonyl (C=O) groups excluding carboxylic acids is 1. The summed E-state index contributed by atoms with van der Waals surface area (Å²) in [4.78, 5) is 12.3. The van der Waals surface area contributed by atoms with Gasteiger partial charge in [-0.25, -0.2) is 0 Å². The molecule has 20 heavy (non-hydrogen) atoms. The molecular formula is C16H26N2O2. The first-order chi connectivity index (χ1) is 9.58. The van der Waals surface area contributed by atoms with Crippen LogP contribution in [0, 0.1) is 5.92 Å². The van der Waals surface area contributed by atoms with Crippen molar-refractivity contribution >= 4 is 5.91 Å². The summed E-state index contributed by atoms with van der Waals surface area (Å²) in [5.41, 5.74) is 0.765. The zero-order valence-corrected chi connectivity index (χ0v) is 12.5. The van der Waals surface area contributed by atoms with E-state index < -0.39 is 0 Å². The lowest BCUT2D eigenvalue weighted by Crippen LogP contribution is -2.31. The summed E-state index contributed by atoms with van der Waals surface area (Å²) in [5.74, 6) is 0.285. The number of carbonyl (C=O) groups is 1. The van der Waals surface area contributed by atoms with E-state index in [0.29, 0.717) is 19.0 Å². The Hall–Kier alpha value is -1.29. The van der Waals surface area contributed by atoms with Crippen LogP contribution < -0.4 is 5.32 Å². The van der Waals surface area contributed by atoms with Gasteiger partial charge in [0, 0.05) is 18.8 Å². The van der Waals surface area contributed by atoms with Gasteiger partial charge in [0.2, 0.25) is 0 Å². The van der Waals surface area contributed by atoms with Gasteiger partial charge in [0.15, 0.2) is 0 Å². The molecule has 1 fully saturated rings. The summed E-state index contributed by atoms with van der Waals surface area (Å²) in [5, 5.41) is 12.3. The Morgan fingerprint density at radius 1 is 1.45 bits per heavy atom. The van der Waals surface area contributed by atoms with E-state index in [1.54, 1.807) is 6.92 Å². The molecular weight excluding hydrogens is 252 g/mol. The molecule has 0 spiro atoms. The third kappa shape index (κ3) is 3.85. The number of hydrogen-bond donors (Lipinski definition) is 2. The number of nitrogens with one attached hydrogen (secondary N) is 1. The van der Waals surface area contributed by atoms with Crippen LogP contribution in [0.1, 0.15) is 62.5 Å². The third-order valence-electron chi connectivity index (χ3n) is 4.08. The topological polar surface area (TPSA) is 54.3 Å². The molecule has 1 amide bonds. The van der Waals surface area contributed by atoms with Crippen LogP contribution in [0.25, 0.3) is 0 Å².